The van der Waals surface area contributed by atoms with Gasteiger partial charge in [0.15, 0.2) is 6.29 Å². The van der Waals surface area contributed by atoms with Crippen LogP contribution in [0.2, 0.25) is 0 Å². The van der Waals surface area contributed by atoms with Gasteiger partial charge in [-0.1, -0.05) is 24.3 Å². The minimum atomic E-state index is -1.41. The van der Waals surface area contributed by atoms with Gasteiger partial charge in [0.25, 0.3) is 0 Å². The van der Waals surface area contributed by atoms with Crippen LogP contribution < -0.4 is 9.47 Å². The number of benzene rings is 2. The maximum atomic E-state index is 11.4. The van der Waals surface area contributed by atoms with Gasteiger partial charge < -0.3 is 33.6 Å². The number of ether oxygens (including phenoxy) is 5. The van der Waals surface area contributed by atoms with Gasteiger partial charge in [-0.15, -0.1) is 0 Å². The van der Waals surface area contributed by atoms with Crippen molar-refractivity contribution >= 4 is 6.29 Å². The van der Waals surface area contributed by atoms with Crippen molar-refractivity contribution in [1.82, 2.24) is 0 Å². The van der Waals surface area contributed by atoms with Gasteiger partial charge in [0, 0.05) is 0 Å². The minimum Gasteiger partial charge on any atom is -0.497 e. The highest BCUT2D eigenvalue weighted by molar-refractivity contribution is 5.58. The molecule has 7 heteroatoms. The molecular formula is C22H26O7. The quantitative estimate of drug-likeness (QED) is 0.610. The highest BCUT2D eigenvalue weighted by Crippen LogP contribution is 2.29. The number of aliphatic hydroxyl groups is 1. The second-order valence-electron chi connectivity index (χ2n) is 6.94. The first kappa shape index (κ1) is 21.3. The standard InChI is InChI=1S/C22H26O7/c1-25-18-7-3-16(4-8-18)12-27-14-22(24)15-29-20(11-23)21(22)28-13-17-5-9-19(26-2)10-6-17/h3-11,20-21,24H,12-15H2,1-2H3/t20-,21+,22+/m1/s1. The number of carbonyl (C=O) groups excluding carboxylic acids is 1. The second-order valence-corrected chi connectivity index (χ2v) is 6.94. The summed E-state index contributed by atoms with van der Waals surface area (Å²) in [6.45, 7) is 0.482. The fraction of sp³-hybridized carbons (Fsp3) is 0.409. The number of rotatable bonds is 10. The van der Waals surface area contributed by atoms with Gasteiger partial charge in [-0.05, 0) is 35.4 Å². The molecule has 1 saturated heterocycles. The predicted molar refractivity (Wildman–Crippen MR) is 105 cm³/mol. The Morgan fingerprint density at radius 2 is 1.55 bits per heavy atom. The minimum absolute atomic E-state index is 0.0172. The Hall–Kier alpha value is -2.45. The molecule has 1 heterocycles. The van der Waals surface area contributed by atoms with Gasteiger partial charge in [-0.3, -0.25) is 0 Å². The summed E-state index contributed by atoms with van der Waals surface area (Å²) in [5.41, 5.74) is 0.421. The van der Waals surface area contributed by atoms with Crippen molar-refractivity contribution in [3.8, 4) is 11.5 Å². The van der Waals surface area contributed by atoms with Crippen molar-refractivity contribution in [2.24, 2.45) is 0 Å². The average Bonchev–Trinajstić information content (AvgIpc) is 3.08. The van der Waals surface area contributed by atoms with Crippen LogP contribution in [0.1, 0.15) is 11.1 Å². The first-order chi connectivity index (χ1) is 14.1. The molecule has 0 bridgehead atoms. The Morgan fingerprint density at radius 1 is 1.00 bits per heavy atom. The molecule has 0 saturated carbocycles. The van der Waals surface area contributed by atoms with Crippen LogP contribution in [0.25, 0.3) is 0 Å². The van der Waals surface area contributed by atoms with E-state index in [4.69, 9.17) is 23.7 Å². The lowest BCUT2D eigenvalue weighted by atomic mass is 9.97. The van der Waals surface area contributed by atoms with E-state index < -0.39 is 17.8 Å². The van der Waals surface area contributed by atoms with Gasteiger partial charge in [0.1, 0.15) is 29.3 Å². The molecule has 0 aliphatic carbocycles. The molecule has 2 aromatic carbocycles. The summed E-state index contributed by atoms with van der Waals surface area (Å²) in [5, 5.41) is 11.0. The summed E-state index contributed by atoms with van der Waals surface area (Å²) in [4.78, 5) is 11.4. The van der Waals surface area contributed by atoms with E-state index in [-0.39, 0.29) is 19.8 Å². The van der Waals surface area contributed by atoms with Crippen molar-refractivity contribution in [2.75, 3.05) is 27.4 Å². The molecule has 29 heavy (non-hydrogen) atoms. The number of aldehydes is 1. The Bertz CT molecular complexity index is 775. The van der Waals surface area contributed by atoms with Gasteiger partial charge in [0.05, 0.1) is 40.6 Å². The third kappa shape index (κ3) is 5.33. The molecule has 2 aromatic rings. The molecule has 1 fully saturated rings. The molecule has 0 unspecified atom stereocenters. The molecule has 0 radical (unpaired) electrons. The Morgan fingerprint density at radius 3 is 2.07 bits per heavy atom. The largest absolute Gasteiger partial charge is 0.497 e. The fourth-order valence-electron chi connectivity index (χ4n) is 3.18. The van der Waals surface area contributed by atoms with Crippen LogP contribution in [0.3, 0.4) is 0 Å². The molecule has 1 N–H and O–H groups in total. The molecule has 3 atom stereocenters. The fourth-order valence-corrected chi connectivity index (χ4v) is 3.18. The third-order valence-corrected chi connectivity index (χ3v) is 4.86. The molecular weight excluding hydrogens is 376 g/mol. The van der Waals surface area contributed by atoms with E-state index in [1.165, 1.54) is 0 Å². The molecule has 1 aliphatic heterocycles. The molecule has 3 rings (SSSR count). The molecule has 7 nitrogen and oxygen atoms in total. The Labute approximate surface area is 170 Å². The highest BCUT2D eigenvalue weighted by Gasteiger charge is 2.50. The first-order valence-electron chi connectivity index (χ1n) is 9.32. The monoisotopic (exact) mass is 402 g/mol. The van der Waals surface area contributed by atoms with Crippen LogP contribution in [0.15, 0.2) is 48.5 Å². The van der Waals surface area contributed by atoms with Crippen molar-refractivity contribution in [3.05, 3.63) is 59.7 Å². The topological polar surface area (TPSA) is 83.5 Å². The average molecular weight is 402 g/mol. The van der Waals surface area contributed by atoms with Gasteiger partial charge in [-0.2, -0.15) is 0 Å². The van der Waals surface area contributed by atoms with E-state index in [0.29, 0.717) is 12.9 Å². The van der Waals surface area contributed by atoms with Crippen molar-refractivity contribution in [1.29, 1.82) is 0 Å². The number of methoxy groups -OCH3 is 2. The molecule has 156 valence electrons. The smallest absolute Gasteiger partial charge is 0.151 e. The lowest BCUT2D eigenvalue weighted by molar-refractivity contribution is -0.138. The van der Waals surface area contributed by atoms with E-state index in [2.05, 4.69) is 0 Å². The lowest BCUT2D eigenvalue weighted by Crippen LogP contribution is -2.49. The van der Waals surface area contributed by atoms with Crippen LogP contribution in [0.4, 0.5) is 0 Å². The zero-order chi connectivity index (χ0) is 20.7. The molecule has 0 spiro atoms. The highest BCUT2D eigenvalue weighted by atomic mass is 16.6. The summed E-state index contributed by atoms with van der Waals surface area (Å²) in [7, 11) is 3.21. The third-order valence-electron chi connectivity index (χ3n) is 4.86. The molecule has 0 amide bonds. The normalized spacial score (nSPS) is 23.7. The summed E-state index contributed by atoms with van der Waals surface area (Å²) < 4.78 is 27.3. The lowest BCUT2D eigenvalue weighted by Gasteiger charge is -2.29. The van der Waals surface area contributed by atoms with Gasteiger partial charge in [0.2, 0.25) is 0 Å². The van der Waals surface area contributed by atoms with E-state index in [1.54, 1.807) is 14.2 Å². The van der Waals surface area contributed by atoms with Crippen LogP contribution in [-0.2, 0) is 32.2 Å². The van der Waals surface area contributed by atoms with E-state index >= 15 is 0 Å². The second kappa shape index (κ2) is 9.84. The Kier molecular flexibility index (Phi) is 7.22. The zero-order valence-electron chi connectivity index (χ0n) is 16.6. The maximum absolute atomic E-state index is 11.4. The van der Waals surface area contributed by atoms with Crippen LogP contribution in [-0.4, -0.2) is 56.6 Å². The van der Waals surface area contributed by atoms with Crippen LogP contribution in [0, 0.1) is 0 Å². The van der Waals surface area contributed by atoms with Crippen LogP contribution >= 0.6 is 0 Å². The number of hydrogen-bond donors (Lipinski definition) is 1. The molecule has 1 aliphatic rings. The predicted octanol–water partition coefficient (Wildman–Crippen LogP) is 2.13. The maximum Gasteiger partial charge on any atom is 0.151 e. The summed E-state index contributed by atoms with van der Waals surface area (Å²) in [6, 6.07) is 14.8. The summed E-state index contributed by atoms with van der Waals surface area (Å²) >= 11 is 0. The van der Waals surface area contributed by atoms with E-state index in [9.17, 15) is 9.90 Å². The zero-order valence-corrected chi connectivity index (χ0v) is 16.6. The van der Waals surface area contributed by atoms with Crippen molar-refractivity contribution in [2.45, 2.75) is 31.0 Å². The van der Waals surface area contributed by atoms with Crippen LogP contribution in [0.5, 0.6) is 11.5 Å². The van der Waals surface area contributed by atoms with Gasteiger partial charge in [-0.25, -0.2) is 0 Å². The van der Waals surface area contributed by atoms with Gasteiger partial charge >= 0.3 is 0 Å². The molecule has 0 aromatic heterocycles. The van der Waals surface area contributed by atoms with E-state index in [0.717, 1.165) is 22.6 Å². The first-order valence-corrected chi connectivity index (χ1v) is 9.32. The SMILES string of the molecule is COc1ccc(COC[C@]2(O)CO[C@H](C=O)[C@@H]2OCc2ccc(OC)cc2)cc1. The van der Waals surface area contributed by atoms with E-state index in [1.807, 2.05) is 48.5 Å². The summed E-state index contributed by atoms with van der Waals surface area (Å²) in [5.74, 6) is 1.50. The number of carbonyl (C=O) groups is 1. The Balaban J connectivity index is 1.57. The van der Waals surface area contributed by atoms with Crippen molar-refractivity contribution in [3.63, 3.8) is 0 Å². The number of hydrogen-bond acceptors (Lipinski definition) is 7. The van der Waals surface area contributed by atoms with Crippen molar-refractivity contribution < 1.29 is 33.6 Å². The summed E-state index contributed by atoms with van der Waals surface area (Å²) in [6.07, 6.45) is -1.01.